The third-order valence-electron chi connectivity index (χ3n) is 5.01. The summed E-state index contributed by atoms with van der Waals surface area (Å²) in [6.45, 7) is 9.08. The third-order valence-corrected chi connectivity index (χ3v) is 5.01. The molecule has 24 heavy (non-hydrogen) atoms. The smallest absolute Gasteiger partial charge is 0.268 e. The van der Waals surface area contributed by atoms with Crippen molar-refractivity contribution in [1.82, 2.24) is 15.2 Å². The Morgan fingerprint density at radius 1 is 1.25 bits per heavy atom. The summed E-state index contributed by atoms with van der Waals surface area (Å²) in [7, 11) is 0. The zero-order chi connectivity index (χ0) is 17.3. The van der Waals surface area contributed by atoms with Crippen LogP contribution < -0.4 is 5.32 Å². The molecule has 1 atom stereocenters. The lowest BCUT2D eigenvalue weighted by Gasteiger charge is -2.19. The van der Waals surface area contributed by atoms with Gasteiger partial charge in [0.15, 0.2) is 0 Å². The standard InChI is InChI=1S/C19H27N3O2/c1-12-6-7-13(2)17-16(12)14(3)18(21-17)19(24)20-10-15(23)11-22-8-4-5-9-22/h6-7,15,21,23H,4-5,8-11H2,1-3H3,(H,20,24). The van der Waals surface area contributed by atoms with Gasteiger partial charge in [-0.05, 0) is 63.4 Å². The summed E-state index contributed by atoms with van der Waals surface area (Å²) in [6, 6.07) is 4.15. The summed E-state index contributed by atoms with van der Waals surface area (Å²) in [5, 5.41) is 14.1. The molecule has 5 nitrogen and oxygen atoms in total. The average molecular weight is 329 g/mol. The molecule has 2 heterocycles. The van der Waals surface area contributed by atoms with Gasteiger partial charge >= 0.3 is 0 Å². The minimum Gasteiger partial charge on any atom is -0.390 e. The summed E-state index contributed by atoms with van der Waals surface area (Å²) < 4.78 is 0. The summed E-state index contributed by atoms with van der Waals surface area (Å²) in [5.74, 6) is -0.150. The van der Waals surface area contributed by atoms with E-state index in [1.807, 2.05) is 13.8 Å². The number of β-amino-alcohol motifs (C(OH)–C–C–N with tert-alkyl or cyclic N) is 1. The molecule has 1 saturated heterocycles. The molecule has 0 saturated carbocycles. The molecular weight excluding hydrogens is 302 g/mol. The van der Waals surface area contributed by atoms with Crippen molar-refractivity contribution in [2.24, 2.45) is 0 Å². The van der Waals surface area contributed by atoms with E-state index < -0.39 is 6.10 Å². The van der Waals surface area contributed by atoms with Gasteiger partial charge in [0.05, 0.1) is 6.10 Å². The number of aliphatic hydroxyl groups is 1. The number of rotatable bonds is 5. The Kier molecular flexibility index (Phi) is 4.92. The Morgan fingerprint density at radius 3 is 2.58 bits per heavy atom. The Labute approximate surface area is 143 Å². The van der Waals surface area contributed by atoms with Gasteiger partial charge in [-0.2, -0.15) is 0 Å². The minimum absolute atomic E-state index is 0.150. The SMILES string of the molecule is Cc1ccc(C)c2c(C)c(C(=O)NCC(O)CN3CCCC3)[nH]c12. The van der Waals surface area contributed by atoms with Crippen LogP contribution in [0.25, 0.3) is 10.9 Å². The number of aliphatic hydroxyl groups excluding tert-OH is 1. The lowest BCUT2D eigenvalue weighted by Crippen LogP contribution is -2.39. The highest BCUT2D eigenvalue weighted by molar-refractivity contribution is 6.02. The molecule has 1 aliphatic rings. The van der Waals surface area contributed by atoms with Crippen molar-refractivity contribution in [3.05, 3.63) is 34.5 Å². The van der Waals surface area contributed by atoms with Crippen molar-refractivity contribution < 1.29 is 9.90 Å². The third kappa shape index (κ3) is 3.32. The number of nitrogens with one attached hydrogen (secondary N) is 2. The molecule has 3 rings (SSSR count). The van der Waals surface area contributed by atoms with Crippen molar-refractivity contribution in [2.45, 2.75) is 39.7 Å². The number of hydrogen-bond acceptors (Lipinski definition) is 3. The average Bonchev–Trinajstić information content (AvgIpc) is 3.17. The van der Waals surface area contributed by atoms with E-state index >= 15 is 0 Å². The van der Waals surface area contributed by atoms with Crippen molar-refractivity contribution in [2.75, 3.05) is 26.2 Å². The van der Waals surface area contributed by atoms with E-state index in [1.54, 1.807) is 0 Å². The van der Waals surface area contributed by atoms with Crippen LogP contribution >= 0.6 is 0 Å². The first-order valence-electron chi connectivity index (χ1n) is 8.74. The van der Waals surface area contributed by atoms with Gasteiger partial charge in [-0.25, -0.2) is 0 Å². The second-order valence-corrected chi connectivity index (χ2v) is 6.95. The molecule has 130 valence electrons. The van der Waals surface area contributed by atoms with Gasteiger partial charge in [0.25, 0.3) is 5.91 Å². The number of fused-ring (bicyclic) bond motifs is 1. The molecule has 0 bridgehead atoms. The maximum Gasteiger partial charge on any atom is 0.268 e. The van der Waals surface area contributed by atoms with Crippen LogP contribution in [0.5, 0.6) is 0 Å². The van der Waals surface area contributed by atoms with Crippen LogP contribution in [0.1, 0.15) is 40.0 Å². The molecule has 1 aromatic carbocycles. The van der Waals surface area contributed by atoms with Crippen molar-refractivity contribution in [1.29, 1.82) is 0 Å². The number of aryl methyl sites for hydroxylation is 3. The molecule has 1 aromatic heterocycles. The Morgan fingerprint density at radius 2 is 1.92 bits per heavy atom. The molecule has 2 aromatic rings. The van der Waals surface area contributed by atoms with Crippen LogP contribution in [0.4, 0.5) is 0 Å². The molecule has 3 N–H and O–H groups in total. The van der Waals surface area contributed by atoms with Crippen LogP contribution in [0.15, 0.2) is 12.1 Å². The lowest BCUT2D eigenvalue weighted by molar-refractivity contribution is 0.0875. The van der Waals surface area contributed by atoms with Crippen LogP contribution in [0.2, 0.25) is 0 Å². The summed E-state index contributed by atoms with van der Waals surface area (Å²) in [6.07, 6.45) is 1.87. The number of benzene rings is 1. The van der Waals surface area contributed by atoms with E-state index in [-0.39, 0.29) is 12.5 Å². The number of hydrogen-bond donors (Lipinski definition) is 3. The largest absolute Gasteiger partial charge is 0.390 e. The van der Waals surface area contributed by atoms with Crippen LogP contribution in [0, 0.1) is 20.8 Å². The van der Waals surface area contributed by atoms with Gasteiger partial charge in [-0.15, -0.1) is 0 Å². The molecule has 0 aliphatic carbocycles. The zero-order valence-electron chi connectivity index (χ0n) is 14.8. The number of aromatic nitrogens is 1. The normalized spacial score (nSPS) is 16.7. The first-order valence-corrected chi connectivity index (χ1v) is 8.74. The maximum atomic E-state index is 12.5. The predicted octanol–water partition coefficient (Wildman–Crippen LogP) is 2.28. The van der Waals surface area contributed by atoms with Gasteiger partial charge in [-0.3, -0.25) is 4.79 Å². The number of carbonyl (C=O) groups excluding carboxylic acids is 1. The van der Waals surface area contributed by atoms with Crippen LogP contribution in [0.3, 0.4) is 0 Å². The minimum atomic E-state index is -0.528. The Bertz CT molecular complexity index is 745. The topological polar surface area (TPSA) is 68.4 Å². The first kappa shape index (κ1) is 17.0. The maximum absolute atomic E-state index is 12.5. The number of likely N-dealkylation sites (tertiary alicyclic amines) is 1. The number of aromatic amines is 1. The first-order chi connectivity index (χ1) is 11.5. The van der Waals surface area contributed by atoms with Crippen molar-refractivity contribution in [3.8, 4) is 0 Å². The Balaban J connectivity index is 1.69. The molecule has 1 unspecified atom stereocenters. The number of H-pyrrole nitrogens is 1. The highest BCUT2D eigenvalue weighted by Crippen LogP contribution is 2.27. The van der Waals surface area contributed by atoms with Gasteiger partial charge < -0.3 is 20.3 Å². The fourth-order valence-corrected chi connectivity index (χ4v) is 3.65. The second-order valence-electron chi connectivity index (χ2n) is 6.95. The van der Waals surface area contributed by atoms with Gasteiger partial charge in [0, 0.05) is 24.0 Å². The monoisotopic (exact) mass is 329 g/mol. The molecule has 0 radical (unpaired) electrons. The quantitative estimate of drug-likeness (QED) is 0.788. The fraction of sp³-hybridized carbons (Fsp3) is 0.526. The molecular formula is C19H27N3O2. The summed E-state index contributed by atoms with van der Waals surface area (Å²) in [4.78, 5) is 18.0. The number of carbonyl (C=O) groups is 1. The lowest BCUT2D eigenvalue weighted by atomic mass is 10.0. The zero-order valence-corrected chi connectivity index (χ0v) is 14.8. The Hall–Kier alpha value is -1.85. The fourth-order valence-electron chi connectivity index (χ4n) is 3.65. The van der Waals surface area contributed by atoms with Crippen LogP contribution in [-0.2, 0) is 0 Å². The van der Waals surface area contributed by atoms with Crippen molar-refractivity contribution in [3.63, 3.8) is 0 Å². The van der Waals surface area contributed by atoms with E-state index in [1.165, 1.54) is 12.8 Å². The second kappa shape index (κ2) is 6.95. The molecule has 5 heteroatoms. The van der Waals surface area contributed by atoms with E-state index in [2.05, 4.69) is 34.3 Å². The van der Waals surface area contributed by atoms with E-state index in [0.29, 0.717) is 12.2 Å². The highest BCUT2D eigenvalue weighted by atomic mass is 16.3. The van der Waals surface area contributed by atoms with Gasteiger partial charge in [0.1, 0.15) is 5.69 Å². The highest BCUT2D eigenvalue weighted by Gasteiger charge is 2.19. The van der Waals surface area contributed by atoms with Crippen LogP contribution in [-0.4, -0.2) is 53.2 Å². The summed E-state index contributed by atoms with van der Waals surface area (Å²) in [5.41, 5.74) is 4.88. The number of amides is 1. The van der Waals surface area contributed by atoms with E-state index in [9.17, 15) is 9.90 Å². The molecule has 1 aliphatic heterocycles. The molecule has 0 spiro atoms. The van der Waals surface area contributed by atoms with Gasteiger partial charge in [0.2, 0.25) is 0 Å². The summed E-state index contributed by atoms with van der Waals surface area (Å²) >= 11 is 0. The molecule has 1 amide bonds. The van der Waals surface area contributed by atoms with Gasteiger partial charge in [-0.1, -0.05) is 12.1 Å². The van der Waals surface area contributed by atoms with E-state index in [0.717, 1.165) is 40.7 Å². The van der Waals surface area contributed by atoms with E-state index in [4.69, 9.17) is 0 Å². The van der Waals surface area contributed by atoms with Crippen molar-refractivity contribution >= 4 is 16.8 Å². The number of nitrogens with zero attached hydrogens (tertiary/aromatic N) is 1. The molecule has 1 fully saturated rings. The predicted molar refractivity (Wildman–Crippen MR) is 96.5 cm³/mol.